The van der Waals surface area contributed by atoms with Crippen molar-refractivity contribution in [2.24, 2.45) is 0 Å². The molecule has 0 radical (unpaired) electrons. The highest BCUT2D eigenvalue weighted by molar-refractivity contribution is 7.86. The molecule has 1 rings (SSSR count). The van der Waals surface area contributed by atoms with Crippen molar-refractivity contribution < 1.29 is 13.0 Å². The van der Waals surface area contributed by atoms with Gasteiger partial charge in [-0.1, -0.05) is 11.6 Å². The second-order valence-electron chi connectivity index (χ2n) is 2.96. The van der Waals surface area contributed by atoms with Crippen LogP contribution in [0.15, 0.2) is 11.6 Å². The molecule has 1 N–H and O–H groups in total. The fourth-order valence-electron chi connectivity index (χ4n) is 1.21. The summed E-state index contributed by atoms with van der Waals surface area (Å²) in [6.45, 7) is 1.97. The average molecular weight is 176 g/mol. The van der Waals surface area contributed by atoms with Crippen molar-refractivity contribution in [1.29, 1.82) is 0 Å². The maximum atomic E-state index is 10.6. The van der Waals surface area contributed by atoms with Gasteiger partial charge < -0.3 is 0 Å². The Morgan fingerprint density at radius 1 is 1.64 bits per heavy atom. The van der Waals surface area contributed by atoms with Crippen LogP contribution >= 0.6 is 0 Å². The molecule has 0 bridgehead atoms. The van der Waals surface area contributed by atoms with Crippen LogP contribution in [0.5, 0.6) is 0 Å². The largest absolute Gasteiger partial charge is 0.285 e. The Morgan fingerprint density at radius 2 is 2.27 bits per heavy atom. The Morgan fingerprint density at radius 3 is 2.64 bits per heavy atom. The number of rotatable bonds is 1. The van der Waals surface area contributed by atoms with Crippen LogP contribution in [-0.2, 0) is 10.1 Å². The van der Waals surface area contributed by atoms with E-state index < -0.39 is 15.4 Å². The number of hydrogen-bond acceptors (Lipinski definition) is 2. The van der Waals surface area contributed by atoms with Gasteiger partial charge in [-0.2, -0.15) is 8.42 Å². The van der Waals surface area contributed by atoms with E-state index in [9.17, 15) is 8.42 Å². The van der Waals surface area contributed by atoms with Crippen molar-refractivity contribution in [3.63, 3.8) is 0 Å². The van der Waals surface area contributed by atoms with E-state index in [4.69, 9.17) is 4.55 Å². The molecule has 3 nitrogen and oxygen atoms in total. The lowest BCUT2D eigenvalue weighted by Gasteiger charge is -2.16. The van der Waals surface area contributed by atoms with Gasteiger partial charge in [-0.25, -0.2) is 0 Å². The van der Waals surface area contributed by atoms with Crippen LogP contribution in [0.4, 0.5) is 0 Å². The monoisotopic (exact) mass is 176 g/mol. The molecule has 4 heteroatoms. The minimum absolute atomic E-state index is 0.463. The van der Waals surface area contributed by atoms with Crippen molar-refractivity contribution >= 4 is 10.1 Å². The van der Waals surface area contributed by atoms with E-state index in [1.165, 1.54) is 5.57 Å². The SMILES string of the molecule is CC1=CCC(S(=O)(=O)O)CC1. The fraction of sp³-hybridized carbons (Fsp3) is 0.714. The first kappa shape index (κ1) is 8.74. The van der Waals surface area contributed by atoms with Gasteiger partial charge in [-0.3, -0.25) is 4.55 Å². The fourth-order valence-corrected chi connectivity index (χ4v) is 1.97. The van der Waals surface area contributed by atoms with E-state index in [0.717, 1.165) is 6.42 Å². The lowest BCUT2D eigenvalue weighted by atomic mass is 10.0. The molecule has 0 aromatic carbocycles. The van der Waals surface area contributed by atoms with Gasteiger partial charge in [-0.05, 0) is 26.2 Å². The third kappa shape index (κ3) is 2.31. The Labute approximate surface area is 66.9 Å². The standard InChI is InChI=1S/C7H12O3S/c1-6-2-4-7(5-3-6)11(8,9)10/h2,7H,3-5H2,1H3,(H,8,9,10). The zero-order chi connectivity index (χ0) is 8.48. The van der Waals surface area contributed by atoms with E-state index in [0.29, 0.717) is 12.8 Å². The third-order valence-electron chi connectivity index (χ3n) is 2.01. The van der Waals surface area contributed by atoms with Gasteiger partial charge in [-0.15, -0.1) is 0 Å². The van der Waals surface area contributed by atoms with Crippen LogP contribution < -0.4 is 0 Å². The number of allylic oxidation sites excluding steroid dienone is 2. The molecule has 0 heterocycles. The van der Waals surface area contributed by atoms with E-state index in [1.807, 2.05) is 13.0 Å². The van der Waals surface area contributed by atoms with E-state index in [-0.39, 0.29) is 0 Å². The van der Waals surface area contributed by atoms with Crippen molar-refractivity contribution in [2.45, 2.75) is 31.4 Å². The van der Waals surface area contributed by atoms with Crippen LogP contribution in [0.25, 0.3) is 0 Å². The summed E-state index contributed by atoms with van der Waals surface area (Å²) in [7, 11) is -3.79. The van der Waals surface area contributed by atoms with Crippen LogP contribution in [0, 0.1) is 0 Å². The number of hydrogen-bond donors (Lipinski definition) is 1. The molecule has 0 saturated carbocycles. The minimum atomic E-state index is -3.79. The van der Waals surface area contributed by atoms with Crippen molar-refractivity contribution in [3.8, 4) is 0 Å². The predicted molar refractivity (Wildman–Crippen MR) is 42.9 cm³/mol. The Bertz CT molecular complexity index is 263. The molecule has 1 aliphatic carbocycles. The molecule has 1 atom stereocenters. The van der Waals surface area contributed by atoms with Gasteiger partial charge in [0.2, 0.25) is 0 Å². The van der Waals surface area contributed by atoms with Gasteiger partial charge in [0.15, 0.2) is 0 Å². The molecular formula is C7H12O3S. The van der Waals surface area contributed by atoms with E-state index >= 15 is 0 Å². The summed E-state index contributed by atoms with van der Waals surface area (Å²) < 4.78 is 29.9. The topological polar surface area (TPSA) is 54.4 Å². The van der Waals surface area contributed by atoms with Gasteiger partial charge in [0, 0.05) is 0 Å². The molecule has 64 valence electrons. The first-order valence-corrected chi connectivity index (χ1v) is 5.12. The molecule has 1 aliphatic rings. The third-order valence-corrected chi connectivity index (χ3v) is 3.28. The summed E-state index contributed by atoms with van der Waals surface area (Å²) in [5.74, 6) is 0. The van der Waals surface area contributed by atoms with Crippen LogP contribution in [-0.4, -0.2) is 18.2 Å². The van der Waals surface area contributed by atoms with Gasteiger partial charge >= 0.3 is 0 Å². The van der Waals surface area contributed by atoms with Gasteiger partial charge in [0.25, 0.3) is 10.1 Å². The molecular weight excluding hydrogens is 164 g/mol. The first-order chi connectivity index (χ1) is 5.00. The van der Waals surface area contributed by atoms with Crippen molar-refractivity contribution in [3.05, 3.63) is 11.6 Å². The molecule has 0 amide bonds. The molecule has 0 spiro atoms. The molecule has 0 aliphatic heterocycles. The van der Waals surface area contributed by atoms with Gasteiger partial charge in [0.05, 0.1) is 5.25 Å². The lowest BCUT2D eigenvalue weighted by Crippen LogP contribution is -2.21. The first-order valence-electron chi connectivity index (χ1n) is 3.62. The highest BCUT2D eigenvalue weighted by Crippen LogP contribution is 2.22. The smallest absolute Gasteiger partial charge is 0.268 e. The highest BCUT2D eigenvalue weighted by atomic mass is 32.2. The zero-order valence-corrected chi connectivity index (χ0v) is 7.26. The quantitative estimate of drug-likeness (QED) is 0.485. The second kappa shape index (κ2) is 2.95. The minimum Gasteiger partial charge on any atom is -0.285 e. The van der Waals surface area contributed by atoms with E-state index in [1.54, 1.807) is 0 Å². The summed E-state index contributed by atoms with van der Waals surface area (Å²) in [6.07, 6.45) is 3.68. The molecule has 0 aromatic heterocycles. The van der Waals surface area contributed by atoms with E-state index in [2.05, 4.69) is 0 Å². The molecule has 0 aromatic rings. The summed E-state index contributed by atoms with van der Waals surface area (Å²) in [5.41, 5.74) is 1.21. The maximum absolute atomic E-state index is 10.6. The van der Waals surface area contributed by atoms with Gasteiger partial charge in [0.1, 0.15) is 0 Å². The highest BCUT2D eigenvalue weighted by Gasteiger charge is 2.23. The normalized spacial score (nSPS) is 26.4. The van der Waals surface area contributed by atoms with Crippen molar-refractivity contribution in [2.75, 3.05) is 0 Å². The Balaban J connectivity index is 2.69. The maximum Gasteiger partial charge on any atom is 0.268 e. The van der Waals surface area contributed by atoms with Crippen LogP contribution in [0.3, 0.4) is 0 Å². The second-order valence-corrected chi connectivity index (χ2v) is 4.66. The Kier molecular flexibility index (Phi) is 2.34. The lowest BCUT2D eigenvalue weighted by molar-refractivity contribution is 0.459. The van der Waals surface area contributed by atoms with Crippen LogP contribution in [0.2, 0.25) is 0 Å². The summed E-state index contributed by atoms with van der Waals surface area (Å²) in [5, 5.41) is -0.564. The molecule has 11 heavy (non-hydrogen) atoms. The zero-order valence-electron chi connectivity index (χ0n) is 6.45. The predicted octanol–water partition coefficient (Wildman–Crippen LogP) is 1.37. The summed E-state index contributed by atoms with van der Waals surface area (Å²) in [4.78, 5) is 0. The van der Waals surface area contributed by atoms with Crippen LogP contribution in [0.1, 0.15) is 26.2 Å². The summed E-state index contributed by atoms with van der Waals surface area (Å²) in [6, 6.07) is 0. The molecule has 0 saturated heterocycles. The Hall–Kier alpha value is -0.350. The summed E-state index contributed by atoms with van der Waals surface area (Å²) >= 11 is 0. The molecule has 0 fully saturated rings. The van der Waals surface area contributed by atoms with Crippen molar-refractivity contribution in [1.82, 2.24) is 0 Å². The average Bonchev–Trinajstić information content (AvgIpc) is 1.86. The molecule has 1 unspecified atom stereocenters.